The number of nitrogens with zero attached hydrogens (tertiary/aromatic N) is 1. The first kappa shape index (κ1) is 19.3. The molecule has 136 valence electrons. The molecule has 0 aliphatic heterocycles. The Hall–Kier alpha value is -2.06. The Morgan fingerprint density at radius 1 is 1.28 bits per heavy atom. The van der Waals surface area contributed by atoms with E-state index >= 15 is 0 Å². The molecule has 25 heavy (non-hydrogen) atoms. The van der Waals surface area contributed by atoms with E-state index in [0.29, 0.717) is 24.9 Å². The van der Waals surface area contributed by atoms with E-state index in [1.165, 1.54) is 11.1 Å². The standard InChI is InChI=1S/C17H23N3O3S2/c1-13(16-5-4-12-24-16)20-17(18-2)19-10-11-23-14-6-8-15(9-7-14)25(3,21)22/h4-9,12-13H,10-11H2,1-3H3,(H2,18,19,20). The maximum absolute atomic E-state index is 11.4. The molecular formula is C17H23N3O3S2. The summed E-state index contributed by atoms with van der Waals surface area (Å²) >= 11 is 1.70. The molecule has 0 bridgehead atoms. The topological polar surface area (TPSA) is 79.8 Å². The van der Waals surface area contributed by atoms with Crippen LogP contribution in [0.15, 0.2) is 51.7 Å². The SMILES string of the molecule is CN=C(NCCOc1ccc(S(C)(=O)=O)cc1)NC(C)c1cccs1. The number of hydrogen-bond acceptors (Lipinski definition) is 5. The van der Waals surface area contributed by atoms with Gasteiger partial charge >= 0.3 is 0 Å². The van der Waals surface area contributed by atoms with E-state index in [2.05, 4.69) is 28.6 Å². The molecule has 2 aromatic rings. The maximum Gasteiger partial charge on any atom is 0.191 e. The summed E-state index contributed by atoms with van der Waals surface area (Å²) in [5.74, 6) is 1.33. The van der Waals surface area contributed by atoms with Crippen LogP contribution in [0.1, 0.15) is 17.8 Å². The second-order valence-electron chi connectivity index (χ2n) is 5.47. The molecule has 0 radical (unpaired) electrons. The van der Waals surface area contributed by atoms with Gasteiger partial charge in [-0.25, -0.2) is 8.42 Å². The Bertz CT molecular complexity index is 785. The monoisotopic (exact) mass is 381 g/mol. The van der Waals surface area contributed by atoms with Crippen molar-refractivity contribution in [1.82, 2.24) is 10.6 Å². The third-order valence-electron chi connectivity index (χ3n) is 3.46. The third-order valence-corrected chi connectivity index (χ3v) is 5.65. The Labute approximate surface area is 152 Å². The molecule has 2 rings (SSSR count). The molecule has 1 aromatic heterocycles. The quantitative estimate of drug-likeness (QED) is 0.437. The number of rotatable bonds is 7. The molecule has 8 heteroatoms. The third kappa shape index (κ3) is 6.06. The highest BCUT2D eigenvalue weighted by Crippen LogP contribution is 2.18. The molecule has 1 heterocycles. The zero-order valence-electron chi connectivity index (χ0n) is 14.5. The number of sulfone groups is 1. The molecule has 0 saturated heterocycles. The van der Waals surface area contributed by atoms with Gasteiger partial charge in [-0.1, -0.05) is 6.07 Å². The van der Waals surface area contributed by atoms with Crippen LogP contribution in [0.4, 0.5) is 0 Å². The van der Waals surface area contributed by atoms with Gasteiger partial charge in [-0.2, -0.15) is 0 Å². The molecule has 1 unspecified atom stereocenters. The Kier molecular flexibility index (Phi) is 6.83. The van der Waals surface area contributed by atoms with Gasteiger partial charge < -0.3 is 15.4 Å². The molecule has 1 aromatic carbocycles. The Morgan fingerprint density at radius 2 is 2.00 bits per heavy atom. The molecule has 0 amide bonds. The van der Waals surface area contributed by atoms with Gasteiger partial charge in [0.25, 0.3) is 0 Å². The van der Waals surface area contributed by atoms with Crippen LogP contribution in [-0.4, -0.2) is 40.8 Å². The van der Waals surface area contributed by atoms with Gasteiger partial charge in [0.05, 0.1) is 17.5 Å². The lowest BCUT2D eigenvalue weighted by Gasteiger charge is -2.17. The summed E-state index contributed by atoms with van der Waals surface area (Å²) in [6.45, 7) is 3.09. The molecule has 0 saturated carbocycles. The summed E-state index contributed by atoms with van der Waals surface area (Å²) < 4.78 is 28.4. The Morgan fingerprint density at radius 3 is 2.56 bits per heavy atom. The largest absolute Gasteiger partial charge is 0.492 e. The summed E-state index contributed by atoms with van der Waals surface area (Å²) in [6, 6.07) is 10.7. The van der Waals surface area contributed by atoms with Crippen LogP contribution in [0.25, 0.3) is 0 Å². The molecule has 0 fully saturated rings. The van der Waals surface area contributed by atoms with Crippen LogP contribution in [-0.2, 0) is 9.84 Å². The predicted octanol–water partition coefficient (Wildman–Crippen LogP) is 2.46. The lowest BCUT2D eigenvalue weighted by atomic mass is 10.3. The van der Waals surface area contributed by atoms with Crippen molar-refractivity contribution >= 4 is 27.1 Å². The average molecular weight is 382 g/mol. The second kappa shape index (κ2) is 8.87. The highest BCUT2D eigenvalue weighted by atomic mass is 32.2. The normalized spacial score (nSPS) is 13.3. The van der Waals surface area contributed by atoms with E-state index in [1.807, 2.05) is 11.4 Å². The summed E-state index contributed by atoms with van der Waals surface area (Å²) in [6.07, 6.45) is 1.18. The molecule has 1 atom stereocenters. The number of nitrogens with one attached hydrogen (secondary N) is 2. The summed E-state index contributed by atoms with van der Waals surface area (Å²) in [4.78, 5) is 5.72. The van der Waals surface area contributed by atoms with Gasteiger partial charge in [0.15, 0.2) is 15.8 Å². The van der Waals surface area contributed by atoms with E-state index in [1.54, 1.807) is 42.6 Å². The number of hydrogen-bond donors (Lipinski definition) is 2. The van der Waals surface area contributed by atoms with Crippen molar-refractivity contribution in [1.29, 1.82) is 0 Å². The minimum atomic E-state index is -3.18. The van der Waals surface area contributed by atoms with Gasteiger partial charge in [0.1, 0.15) is 12.4 Å². The first-order chi connectivity index (χ1) is 11.9. The summed E-state index contributed by atoms with van der Waals surface area (Å²) in [7, 11) is -1.46. The summed E-state index contributed by atoms with van der Waals surface area (Å²) in [5.41, 5.74) is 0. The first-order valence-electron chi connectivity index (χ1n) is 7.83. The van der Waals surface area contributed by atoms with Crippen molar-refractivity contribution < 1.29 is 13.2 Å². The predicted molar refractivity (Wildman–Crippen MR) is 102 cm³/mol. The minimum absolute atomic E-state index is 0.177. The summed E-state index contributed by atoms with van der Waals surface area (Å²) in [5, 5.41) is 8.56. The number of thiophene rings is 1. The zero-order valence-corrected chi connectivity index (χ0v) is 16.2. The number of ether oxygens (including phenoxy) is 1. The van der Waals surface area contributed by atoms with E-state index in [0.717, 1.165) is 0 Å². The van der Waals surface area contributed by atoms with Gasteiger partial charge in [-0.15, -0.1) is 11.3 Å². The van der Waals surface area contributed by atoms with Crippen molar-refractivity contribution in [3.8, 4) is 5.75 Å². The molecule has 0 spiro atoms. The van der Waals surface area contributed by atoms with E-state index in [4.69, 9.17) is 4.74 Å². The van der Waals surface area contributed by atoms with Crippen LogP contribution in [0.5, 0.6) is 5.75 Å². The van der Waals surface area contributed by atoms with Crippen LogP contribution in [0.2, 0.25) is 0 Å². The van der Waals surface area contributed by atoms with Crippen molar-refractivity contribution in [2.75, 3.05) is 26.5 Å². The highest BCUT2D eigenvalue weighted by Gasteiger charge is 2.08. The first-order valence-corrected chi connectivity index (χ1v) is 10.6. The molecule has 6 nitrogen and oxygen atoms in total. The smallest absolute Gasteiger partial charge is 0.191 e. The number of aliphatic imine (C=N–C) groups is 1. The fraction of sp³-hybridized carbons (Fsp3) is 0.353. The number of benzene rings is 1. The fourth-order valence-electron chi connectivity index (χ4n) is 2.13. The van der Waals surface area contributed by atoms with Crippen LogP contribution < -0.4 is 15.4 Å². The van der Waals surface area contributed by atoms with Crippen LogP contribution in [0, 0.1) is 0 Å². The van der Waals surface area contributed by atoms with Gasteiger partial charge in [-0.3, -0.25) is 4.99 Å². The molecular weight excluding hydrogens is 358 g/mol. The van der Waals surface area contributed by atoms with E-state index < -0.39 is 9.84 Å². The number of guanidine groups is 1. The van der Waals surface area contributed by atoms with Crippen LogP contribution in [0.3, 0.4) is 0 Å². The van der Waals surface area contributed by atoms with Crippen molar-refractivity contribution in [3.63, 3.8) is 0 Å². The Balaban J connectivity index is 1.76. The van der Waals surface area contributed by atoms with Crippen molar-refractivity contribution in [2.24, 2.45) is 4.99 Å². The van der Waals surface area contributed by atoms with Gasteiger partial charge in [0.2, 0.25) is 0 Å². The zero-order chi connectivity index (χ0) is 18.3. The van der Waals surface area contributed by atoms with E-state index in [-0.39, 0.29) is 10.9 Å². The minimum Gasteiger partial charge on any atom is -0.492 e. The van der Waals surface area contributed by atoms with Gasteiger partial charge in [0, 0.05) is 18.2 Å². The maximum atomic E-state index is 11.4. The van der Waals surface area contributed by atoms with Gasteiger partial charge in [-0.05, 0) is 42.6 Å². The molecule has 0 aliphatic rings. The van der Waals surface area contributed by atoms with Crippen LogP contribution >= 0.6 is 11.3 Å². The van der Waals surface area contributed by atoms with E-state index in [9.17, 15) is 8.42 Å². The van der Waals surface area contributed by atoms with Crippen molar-refractivity contribution in [2.45, 2.75) is 17.9 Å². The molecule has 0 aliphatic carbocycles. The second-order valence-corrected chi connectivity index (χ2v) is 8.47. The van der Waals surface area contributed by atoms with Crippen molar-refractivity contribution in [3.05, 3.63) is 46.7 Å². The lowest BCUT2D eigenvalue weighted by Crippen LogP contribution is -2.40. The highest BCUT2D eigenvalue weighted by molar-refractivity contribution is 7.90. The fourth-order valence-corrected chi connectivity index (χ4v) is 3.49. The molecule has 2 N–H and O–H groups in total. The average Bonchev–Trinajstić information content (AvgIpc) is 3.11. The lowest BCUT2D eigenvalue weighted by molar-refractivity contribution is 0.321.